The van der Waals surface area contributed by atoms with Crippen LogP contribution in [0.5, 0.6) is 0 Å². The summed E-state index contributed by atoms with van der Waals surface area (Å²) >= 11 is 0. The van der Waals surface area contributed by atoms with Gasteiger partial charge in [-0.15, -0.1) is 0 Å². The number of anilines is 2. The molecule has 100 valence electrons. The highest BCUT2D eigenvalue weighted by Gasteiger charge is 2.14. The molecule has 0 amide bonds. The molecule has 1 heterocycles. The second-order valence-electron chi connectivity index (χ2n) is 5.63. The Morgan fingerprint density at radius 1 is 1.28 bits per heavy atom. The van der Waals surface area contributed by atoms with Crippen LogP contribution in [0.4, 0.5) is 11.4 Å². The molecular formula is C15H25N3. The van der Waals surface area contributed by atoms with Gasteiger partial charge in [0.25, 0.3) is 0 Å². The molecule has 1 aliphatic rings. The first kappa shape index (κ1) is 13.2. The third-order valence-corrected chi connectivity index (χ3v) is 3.52. The molecule has 18 heavy (non-hydrogen) atoms. The first-order valence-corrected chi connectivity index (χ1v) is 6.97. The number of hydrogen-bond donors (Lipinski definition) is 2. The van der Waals surface area contributed by atoms with Gasteiger partial charge in [-0.25, -0.2) is 0 Å². The normalized spacial score (nSPS) is 17.9. The van der Waals surface area contributed by atoms with Crippen molar-refractivity contribution in [2.24, 2.45) is 5.92 Å². The molecule has 0 aromatic heterocycles. The fraction of sp³-hybridized carbons (Fsp3) is 0.600. The fourth-order valence-electron chi connectivity index (χ4n) is 2.68. The van der Waals surface area contributed by atoms with E-state index in [2.05, 4.69) is 30.1 Å². The number of aryl methyl sites for hydroxylation is 1. The van der Waals surface area contributed by atoms with E-state index in [0.29, 0.717) is 5.92 Å². The Morgan fingerprint density at radius 2 is 2.00 bits per heavy atom. The fourth-order valence-corrected chi connectivity index (χ4v) is 2.68. The number of hydrogen-bond acceptors (Lipinski definition) is 3. The van der Waals surface area contributed by atoms with E-state index in [1.165, 1.54) is 38.0 Å². The number of likely N-dealkylation sites (tertiary alicyclic amines) is 1. The lowest BCUT2D eigenvalue weighted by molar-refractivity contribution is 0.294. The maximum atomic E-state index is 5.85. The number of nitrogens with zero attached hydrogens (tertiary/aromatic N) is 1. The van der Waals surface area contributed by atoms with Gasteiger partial charge >= 0.3 is 0 Å². The molecule has 1 saturated heterocycles. The van der Waals surface area contributed by atoms with Gasteiger partial charge in [0, 0.05) is 24.5 Å². The lowest BCUT2D eigenvalue weighted by Crippen LogP contribution is -2.28. The van der Waals surface area contributed by atoms with Gasteiger partial charge in [0.2, 0.25) is 0 Å². The summed E-state index contributed by atoms with van der Waals surface area (Å²) in [6, 6.07) is 6.16. The van der Waals surface area contributed by atoms with Gasteiger partial charge in [-0.2, -0.15) is 0 Å². The molecular weight excluding hydrogens is 222 g/mol. The van der Waals surface area contributed by atoms with E-state index < -0.39 is 0 Å². The van der Waals surface area contributed by atoms with E-state index in [4.69, 9.17) is 5.73 Å². The van der Waals surface area contributed by atoms with Crippen LogP contribution in [0.3, 0.4) is 0 Å². The number of nitrogens with two attached hydrogens (primary N) is 1. The molecule has 1 unspecified atom stereocenters. The highest BCUT2D eigenvalue weighted by Crippen LogP contribution is 2.17. The van der Waals surface area contributed by atoms with Crippen LogP contribution in [-0.4, -0.2) is 31.1 Å². The van der Waals surface area contributed by atoms with Crippen LogP contribution in [-0.2, 0) is 0 Å². The summed E-state index contributed by atoms with van der Waals surface area (Å²) in [6.45, 7) is 9.16. The maximum absolute atomic E-state index is 5.85. The molecule has 3 N–H and O–H groups in total. The first-order chi connectivity index (χ1) is 8.63. The van der Waals surface area contributed by atoms with Crippen molar-refractivity contribution in [2.45, 2.75) is 26.7 Å². The monoisotopic (exact) mass is 247 g/mol. The summed E-state index contributed by atoms with van der Waals surface area (Å²) in [4.78, 5) is 2.57. The zero-order chi connectivity index (χ0) is 13.0. The molecule has 1 aromatic rings. The summed E-state index contributed by atoms with van der Waals surface area (Å²) in [5.74, 6) is 0.671. The Balaban J connectivity index is 1.79. The predicted octanol–water partition coefficient (Wildman–Crippen LogP) is 2.72. The zero-order valence-corrected chi connectivity index (χ0v) is 11.6. The quantitative estimate of drug-likeness (QED) is 0.786. The molecule has 3 nitrogen and oxygen atoms in total. The number of nitrogens with one attached hydrogen (secondary N) is 1. The van der Waals surface area contributed by atoms with Crippen LogP contribution in [0.1, 0.15) is 25.3 Å². The number of rotatable bonds is 5. The molecule has 0 radical (unpaired) electrons. The van der Waals surface area contributed by atoms with Crippen molar-refractivity contribution in [3.05, 3.63) is 23.8 Å². The Labute approximate surface area is 110 Å². The minimum absolute atomic E-state index is 0.671. The largest absolute Gasteiger partial charge is 0.399 e. The molecule has 1 aromatic carbocycles. The summed E-state index contributed by atoms with van der Waals surface area (Å²) in [7, 11) is 0. The third kappa shape index (κ3) is 3.91. The smallest absolute Gasteiger partial charge is 0.0363 e. The predicted molar refractivity (Wildman–Crippen MR) is 78.9 cm³/mol. The summed E-state index contributed by atoms with van der Waals surface area (Å²) in [6.07, 6.45) is 2.74. The average molecular weight is 247 g/mol. The van der Waals surface area contributed by atoms with Crippen molar-refractivity contribution in [3.63, 3.8) is 0 Å². The summed E-state index contributed by atoms with van der Waals surface area (Å²) < 4.78 is 0. The zero-order valence-electron chi connectivity index (χ0n) is 11.6. The van der Waals surface area contributed by atoms with Crippen molar-refractivity contribution in [3.8, 4) is 0 Å². The summed E-state index contributed by atoms with van der Waals surface area (Å²) in [5.41, 5.74) is 9.04. The van der Waals surface area contributed by atoms with Crippen LogP contribution in [0.2, 0.25) is 0 Å². The Morgan fingerprint density at radius 3 is 2.67 bits per heavy atom. The maximum Gasteiger partial charge on any atom is 0.0363 e. The molecule has 1 atom stereocenters. The minimum atomic E-state index is 0.671. The molecule has 1 aliphatic heterocycles. The topological polar surface area (TPSA) is 41.3 Å². The van der Waals surface area contributed by atoms with Gasteiger partial charge in [-0.1, -0.05) is 6.92 Å². The van der Waals surface area contributed by atoms with Crippen LogP contribution in [0.25, 0.3) is 0 Å². The van der Waals surface area contributed by atoms with Gasteiger partial charge in [0.15, 0.2) is 0 Å². The van der Waals surface area contributed by atoms with Crippen LogP contribution >= 0.6 is 0 Å². The lowest BCUT2D eigenvalue weighted by Gasteiger charge is -2.21. The minimum Gasteiger partial charge on any atom is -0.399 e. The van der Waals surface area contributed by atoms with Crippen molar-refractivity contribution in [1.82, 2.24) is 4.90 Å². The van der Waals surface area contributed by atoms with Crippen molar-refractivity contribution < 1.29 is 0 Å². The lowest BCUT2D eigenvalue weighted by atomic mass is 10.1. The van der Waals surface area contributed by atoms with E-state index in [9.17, 15) is 0 Å². The standard InChI is InChI=1S/C15H25N3/c1-12-7-14(16)9-15(8-12)17-10-13(2)11-18-5-3-4-6-18/h7-9,13,17H,3-6,10-11,16H2,1-2H3. The average Bonchev–Trinajstić information content (AvgIpc) is 2.78. The van der Waals surface area contributed by atoms with Crippen molar-refractivity contribution in [2.75, 3.05) is 37.2 Å². The van der Waals surface area contributed by atoms with Crippen LogP contribution < -0.4 is 11.1 Å². The van der Waals surface area contributed by atoms with Gasteiger partial charge in [-0.05, 0) is 62.5 Å². The Kier molecular flexibility index (Phi) is 4.48. The Bertz CT molecular complexity index is 363. The second-order valence-corrected chi connectivity index (χ2v) is 5.63. The second kappa shape index (κ2) is 6.10. The SMILES string of the molecule is Cc1cc(N)cc(NCC(C)CN2CCCC2)c1. The van der Waals surface area contributed by atoms with E-state index in [-0.39, 0.29) is 0 Å². The first-order valence-electron chi connectivity index (χ1n) is 6.97. The highest BCUT2D eigenvalue weighted by molar-refractivity contribution is 5.56. The van der Waals surface area contributed by atoms with E-state index in [1.807, 2.05) is 12.1 Å². The van der Waals surface area contributed by atoms with E-state index in [0.717, 1.165) is 17.9 Å². The van der Waals surface area contributed by atoms with Gasteiger partial charge in [-0.3, -0.25) is 0 Å². The number of nitrogen functional groups attached to an aromatic ring is 1. The van der Waals surface area contributed by atoms with Crippen LogP contribution in [0, 0.1) is 12.8 Å². The molecule has 0 spiro atoms. The molecule has 0 saturated carbocycles. The van der Waals surface area contributed by atoms with Gasteiger partial charge in [0.1, 0.15) is 0 Å². The molecule has 1 fully saturated rings. The highest BCUT2D eigenvalue weighted by atomic mass is 15.1. The molecule has 3 heteroatoms. The third-order valence-electron chi connectivity index (χ3n) is 3.52. The van der Waals surface area contributed by atoms with Gasteiger partial charge in [0.05, 0.1) is 0 Å². The molecule has 2 rings (SSSR count). The molecule has 0 bridgehead atoms. The molecule has 0 aliphatic carbocycles. The van der Waals surface area contributed by atoms with Crippen LogP contribution in [0.15, 0.2) is 18.2 Å². The van der Waals surface area contributed by atoms with E-state index >= 15 is 0 Å². The van der Waals surface area contributed by atoms with Crippen molar-refractivity contribution >= 4 is 11.4 Å². The van der Waals surface area contributed by atoms with E-state index in [1.54, 1.807) is 0 Å². The van der Waals surface area contributed by atoms with Gasteiger partial charge < -0.3 is 16.0 Å². The number of benzene rings is 1. The van der Waals surface area contributed by atoms with Crippen molar-refractivity contribution in [1.29, 1.82) is 0 Å². The summed E-state index contributed by atoms with van der Waals surface area (Å²) in [5, 5.41) is 3.49. The Hall–Kier alpha value is -1.22.